The maximum atomic E-state index is 13.3. The van der Waals surface area contributed by atoms with Gasteiger partial charge < -0.3 is 10.1 Å². The highest BCUT2D eigenvalue weighted by atomic mass is 32.2. The predicted molar refractivity (Wildman–Crippen MR) is 82.0 cm³/mol. The number of hydrogen-bond donors (Lipinski definition) is 1. The lowest BCUT2D eigenvalue weighted by atomic mass is 10.3. The van der Waals surface area contributed by atoms with E-state index in [-0.39, 0.29) is 36.4 Å². The van der Waals surface area contributed by atoms with Crippen molar-refractivity contribution in [3.63, 3.8) is 0 Å². The van der Waals surface area contributed by atoms with Crippen molar-refractivity contribution in [1.82, 2.24) is 5.32 Å². The second-order valence-corrected chi connectivity index (χ2v) is 5.42. The molecule has 0 aromatic heterocycles. The average molecular weight is 323 g/mol. The van der Waals surface area contributed by atoms with Crippen LogP contribution in [-0.2, 0) is 4.79 Å². The number of amides is 1. The first-order valence-electron chi connectivity index (χ1n) is 6.67. The Hall–Kier alpha value is -2.08. The zero-order valence-corrected chi connectivity index (χ0v) is 12.5. The number of carbonyl (C=O) groups is 1. The number of benzene rings is 2. The van der Waals surface area contributed by atoms with Gasteiger partial charge in [-0.2, -0.15) is 0 Å². The van der Waals surface area contributed by atoms with Gasteiger partial charge in [-0.1, -0.05) is 12.1 Å². The van der Waals surface area contributed by atoms with Gasteiger partial charge in [-0.05, 0) is 36.4 Å². The number of hydrogen-bond acceptors (Lipinski definition) is 3. The molecule has 0 saturated heterocycles. The fourth-order valence-electron chi connectivity index (χ4n) is 1.64. The summed E-state index contributed by atoms with van der Waals surface area (Å²) in [5, 5.41) is 2.67. The number of rotatable bonds is 7. The van der Waals surface area contributed by atoms with Gasteiger partial charge in [-0.3, -0.25) is 4.79 Å². The maximum absolute atomic E-state index is 13.3. The van der Waals surface area contributed by atoms with E-state index in [2.05, 4.69) is 5.32 Å². The van der Waals surface area contributed by atoms with Crippen LogP contribution in [0.2, 0.25) is 0 Å². The first-order chi connectivity index (χ1) is 10.6. The molecular formula is C16H15F2NO2S. The number of para-hydroxylation sites is 1. The molecule has 0 atom stereocenters. The highest BCUT2D eigenvalue weighted by Crippen LogP contribution is 2.17. The molecule has 0 radical (unpaired) electrons. The van der Waals surface area contributed by atoms with E-state index >= 15 is 0 Å². The maximum Gasteiger partial charge on any atom is 0.230 e. The number of carbonyl (C=O) groups excluding carboxylic acids is 1. The number of nitrogens with one attached hydrogen (secondary N) is 1. The van der Waals surface area contributed by atoms with Crippen LogP contribution in [0.25, 0.3) is 0 Å². The van der Waals surface area contributed by atoms with Crippen LogP contribution in [-0.4, -0.2) is 24.8 Å². The zero-order valence-electron chi connectivity index (χ0n) is 11.7. The summed E-state index contributed by atoms with van der Waals surface area (Å²) in [6, 6.07) is 12.0. The summed E-state index contributed by atoms with van der Waals surface area (Å²) in [6.07, 6.45) is 0. The molecule has 116 valence electrons. The van der Waals surface area contributed by atoms with Crippen molar-refractivity contribution in [2.45, 2.75) is 4.90 Å². The van der Waals surface area contributed by atoms with Crippen molar-refractivity contribution in [1.29, 1.82) is 0 Å². The van der Waals surface area contributed by atoms with Gasteiger partial charge in [0.15, 0.2) is 11.6 Å². The van der Waals surface area contributed by atoms with Crippen LogP contribution in [0.3, 0.4) is 0 Å². The molecule has 0 fully saturated rings. The van der Waals surface area contributed by atoms with Gasteiger partial charge in [0.25, 0.3) is 0 Å². The van der Waals surface area contributed by atoms with E-state index in [0.29, 0.717) is 0 Å². The standard InChI is InChI=1S/C16H15F2NO2S/c17-12-5-7-13(8-6-12)22-11-16(20)19-9-10-21-15-4-2-1-3-14(15)18/h1-8H,9-11H2,(H,19,20). The molecule has 2 aromatic carbocycles. The molecule has 0 bridgehead atoms. The summed E-state index contributed by atoms with van der Waals surface area (Å²) >= 11 is 1.31. The topological polar surface area (TPSA) is 38.3 Å². The predicted octanol–water partition coefficient (Wildman–Crippen LogP) is 3.25. The molecule has 22 heavy (non-hydrogen) atoms. The second-order valence-electron chi connectivity index (χ2n) is 4.37. The van der Waals surface area contributed by atoms with E-state index in [1.165, 1.54) is 36.0 Å². The van der Waals surface area contributed by atoms with Crippen molar-refractivity contribution in [3.05, 3.63) is 60.2 Å². The van der Waals surface area contributed by atoms with Crippen LogP contribution in [0.5, 0.6) is 5.75 Å². The lowest BCUT2D eigenvalue weighted by Crippen LogP contribution is -2.29. The first-order valence-corrected chi connectivity index (χ1v) is 7.66. The number of ether oxygens (including phenoxy) is 1. The van der Waals surface area contributed by atoms with Crippen molar-refractivity contribution in [2.75, 3.05) is 18.9 Å². The molecule has 0 aliphatic heterocycles. The minimum absolute atomic E-state index is 0.161. The number of halogens is 2. The van der Waals surface area contributed by atoms with E-state index in [1.54, 1.807) is 24.3 Å². The summed E-state index contributed by atoms with van der Waals surface area (Å²) in [5.74, 6) is -0.505. The van der Waals surface area contributed by atoms with Gasteiger partial charge in [0.2, 0.25) is 5.91 Å². The fraction of sp³-hybridized carbons (Fsp3) is 0.188. The molecule has 0 saturated carbocycles. The Morgan fingerprint density at radius 3 is 2.55 bits per heavy atom. The largest absolute Gasteiger partial charge is 0.489 e. The monoisotopic (exact) mass is 323 g/mol. The van der Waals surface area contributed by atoms with Crippen molar-refractivity contribution < 1.29 is 18.3 Å². The van der Waals surface area contributed by atoms with Crippen LogP contribution in [0.15, 0.2) is 53.4 Å². The van der Waals surface area contributed by atoms with E-state index in [0.717, 1.165) is 4.90 Å². The normalized spacial score (nSPS) is 10.3. The molecule has 0 spiro atoms. The molecule has 0 heterocycles. The van der Waals surface area contributed by atoms with E-state index in [9.17, 15) is 13.6 Å². The summed E-state index contributed by atoms with van der Waals surface area (Å²) in [4.78, 5) is 12.4. The highest BCUT2D eigenvalue weighted by Gasteiger charge is 2.04. The average Bonchev–Trinajstić information content (AvgIpc) is 2.52. The molecule has 1 amide bonds. The fourth-order valence-corrected chi connectivity index (χ4v) is 2.37. The summed E-state index contributed by atoms with van der Waals surface area (Å²) in [6.45, 7) is 0.477. The minimum atomic E-state index is -0.430. The Balaban J connectivity index is 1.64. The summed E-state index contributed by atoms with van der Waals surface area (Å²) in [5.41, 5.74) is 0. The molecule has 0 aliphatic rings. The third-order valence-electron chi connectivity index (χ3n) is 2.70. The highest BCUT2D eigenvalue weighted by molar-refractivity contribution is 8.00. The van der Waals surface area contributed by atoms with Gasteiger partial charge in [-0.25, -0.2) is 8.78 Å². The van der Waals surface area contributed by atoms with Gasteiger partial charge in [0.05, 0.1) is 12.3 Å². The Labute approximate surface area is 131 Å². The minimum Gasteiger partial charge on any atom is -0.489 e. The quantitative estimate of drug-likeness (QED) is 0.628. The van der Waals surface area contributed by atoms with Gasteiger partial charge in [0, 0.05) is 4.90 Å². The van der Waals surface area contributed by atoms with Crippen molar-refractivity contribution >= 4 is 17.7 Å². The smallest absolute Gasteiger partial charge is 0.230 e. The van der Waals surface area contributed by atoms with E-state index in [1.807, 2.05) is 0 Å². The Kier molecular flexibility index (Phi) is 6.21. The lowest BCUT2D eigenvalue weighted by molar-refractivity contribution is -0.118. The Morgan fingerprint density at radius 2 is 1.82 bits per heavy atom. The molecule has 0 aliphatic carbocycles. The molecule has 6 heteroatoms. The van der Waals surface area contributed by atoms with Crippen LogP contribution >= 0.6 is 11.8 Å². The van der Waals surface area contributed by atoms with Gasteiger partial charge in [-0.15, -0.1) is 11.8 Å². The molecule has 1 N–H and O–H groups in total. The van der Waals surface area contributed by atoms with Crippen molar-refractivity contribution in [2.24, 2.45) is 0 Å². The van der Waals surface area contributed by atoms with Crippen LogP contribution in [0.4, 0.5) is 8.78 Å². The molecule has 3 nitrogen and oxygen atoms in total. The molecule has 0 unspecified atom stereocenters. The summed E-state index contributed by atoms with van der Waals surface area (Å²) in [7, 11) is 0. The number of thioether (sulfide) groups is 1. The zero-order chi connectivity index (χ0) is 15.8. The van der Waals surface area contributed by atoms with E-state index < -0.39 is 5.82 Å². The molecule has 2 aromatic rings. The molecular weight excluding hydrogens is 308 g/mol. The second kappa shape index (κ2) is 8.38. The third kappa shape index (κ3) is 5.37. The Morgan fingerprint density at radius 1 is 1.09 bits per heavy atom. The Bertz CT molecular complexity index is 620. The summed E-state index contributed by atoms with van der Waals surface area (Å²) < 4.78 is 31.2. The van der Waals surface area contributed by atoms with Gasteiger partial charge in [0.1, 0.15) is 12.4 Å². The van der Waals surface area contributed by atoms with Crippen LogP contribution in [0, 0.1) is 11.6 Å². The molecule has 2 rings (SSSR count). The van der Waals surface area contributed by atoms with Gasteiger partial charge >= 0.3 is 0 Å². The third-order valence-corrected chi connectivity index (χ3v) is 3.71. The lowest BCUT2D eigenvalue weighted by Gasteiger charge is -2.08. The van der Waals surface area contributed by atoms with E-state index in [4.69, 9.17) is 4.74 Å². The van der Waals surface area contributed by atoms with Crippen molar-refractivity contribution in [3.8, 4) is 5.75 Å². The van der Waals surface area contributed by atoms with Crippen LogP contribution in [0.1, 0.15) is 0 Å². The first kappa shape index (κ1) is 16.3. The van der Waals surface area contributed by atoms with Crippen LogP contribution < -0.4 is 10.1 Å². The SMILES string of the molecule is O=C(CSc1ccc(F)cc1)NCCOc1ccccc1F.